The summed E-state index contributed by atoms with van der Waals surface area (Å²) in [7, 11) is -13.5. The van der Waals surface area contributed by atoms with Crippen molar-refractivity contribution in [2.45, 2.75) is 110 Å². The first-order valence-electron chi connectivity index (χ1n) is 22.5. The third-order valence-corrected chi connectivity index (χ3v) is 13.4. The molecule has 0 radical (unpaired) electrons. The van der Waals surface area contributed by atoms with Gasteiger partial charge in [0.15, 0.2) is 19.1 Å². The fourth-order valence-electron chi connectivity index (χ4n) is 8.70. The number of halogens is 1. The standard InChI is InChI=1S/C44H52N4O19S.ClHO4.H2O4S.3H2O/c1-63-28-11-10-22(14-31(28)68(60,61)62)23-12-26(18-2-6-20(7-3-18)41(56)57)48(27(13-23)19-4-8-21(9-5-19)42(58)59)16-29-34(51)36(53)37(54)44(64-29)67-40-25(46)15-24(45)39(38(40)55)66-43-35(52)32(47)33(50)30(17-49)65-43;2-1(3,4)5;1-5(2,3)4;;;/h2-14,24-25,29-30,32-40,43-44,49-55H,15-17,45-47H2,1H3,(H2-,56,57,58,59,60,61,62);(H,2,3,4,5);(H2,1,2,3,4);3*1H2. The van der Waals surface area contributed by atoms with Crippen molar-refractivity contribution in [2.24, 2.45) is 11.5 Å². The van der Waals surface area contributed by atoms with E-state index in [4.69, 9.17) is 71.3 Å². The number of nitrogens with two attached hydrogens (primary N) is 2. The Hall–Kier alpha value is -5.22. The van der Waals surface area contributed by atoms with Gasteiger partial charge in [0.1, 0.15) is 77.7 Å². The molecule has 3 aliphatic rings. The summed E-state index contributed by atoms with van der Waals surface area (Å²) in [5, 5.41) is 96.1. The zero-order valence-electron chi connectivity index (χ0n) is 41.7. The number of pyridine rings is 1. The maximum Gasteiger partial charge on any atom is 0.335 e. The fourth-order valence-corrected chi connectivity index (χ4v) is 9.38. The Morgan fingerprint density at radius 1 is 0.667 bits per heavy atom. The molecule has 1 saturated carbocycles. The van der Waals surface area contributed by atoms with Crippen LogP contribution in [0.3, 0.4) is 0 Å². The average molecular weight is 1230 g/mol. The quantitative estimate of drug-likeness (QED) is 0.0317. The van der Waals surface area contributed by atoms with Crippen LogP contribution in [0.2, 0.25) is 0 Å². The van der Waals surface area contributed by atoms with E-state index >= 15 is 0 Å². The number of hydrogen-bond donors (Lipinski definition) is 14. The largest absolute Gasteiger partial charge is 0.726 e. The minimum absolute atomic E-state index is 0. The lowest BCUT2D eigenvalue weighted by atomic mass is 9.84. The number of aromatic carboxylic acids is 2. The van der Waals surface area contributed by atoms with E-state index in [2.05, 4.69) is 5.73 Å². The average Bonchev–Trinajstić information content (AvgIpc) is 3.35. The first-order chi connectivity index (χ1) is 36.1. The summed E-state index contributed by atoms with van der Waals surface area (Å²) in [6.45, 7) is -1.07. The number of hydrogen-bond acceptors (Lipinski definition) is 25. The van der Waals surface area contributed by atoms with Crippen molar-refractivity contribution in [3.05, 3.63) is 90.0 Å². The minimum atomic E-state index is -4.94. The number of benzene rings is 3. The van der Waals surface area contributed by atoms with Gasteiger partial charge in [-0.3, -0.25) is 9.11 Å². The van der Waals surface area contributed by atoms with Crippen molar-refractivity contribution in [2.75, 3.05) is 13.7 Å². The molecule has 2 aliphatic heterocycles. The highest BCUT2D eigenvalue weighted by Gasteiger charge is 2.53. The zero-order valence-corrected chi connectivity index (χ0v) is 44.1. The molecule has 15 unspecified atom stereocenters. The Balaban J connectivity index is 0.00000158. The molecule has 3 aromatic carbocycles. The molecule has 34 nitrogen and oxygen atoms in total. The minimum Gasteiger partial charge on any atom is -0.726 e. The Bertz CT molecular complexity index is 2850. The normalized spacial score (nSPS) is 28.4. The van der Waals surface area contributed by atoms with E-state index in [-0.39, 0.29) is 63.2 Å². The van der Waals surface area contributed by atoms with Crippen molar-refractivity contribution >= 4 is 32.5 Å². The molecule has 3 fully saturated rings. The molecule has 81 heavy (non-hydrogen) atoms. The Labute approximate surface area is 460 Å². The van der Waals surface area contributed by atoms with E-state index in [1.807, 2.05) is 0 Å². The Morgan fingerprint density at radius 2 is 1.10 bits per heavy atom. The molecule has 0 spiro atoms. The smallest absolute Gasteiger partial charge is 0.335 e. The van der Waals surface area contributed by atoms with E-state index in [1.165, 1.54) is 73.8 Å². The first kappa shape index (κ1) is 71.9. The van der Waals surface area contributed by atoms with E-state index in [1.54, 1.807) is 16.7 Å². The van der Waals surface area contributed by atoms with Gasteiger partial charge >= 0.3 is 11.9 Å². The number of carboxylic acid groups (broad SMARTS) is 2. The maximum atomic E-state index is 12.5. The van der Waals surface area contributed by atoms with Gasteiger partial charge in [-0.15, -0.1) is 10.2 Å². The van der Waals surface area contributed by atoms with Gasteiger partial charge in [0.05, 0.1) is 30.9 Å². The zero-order chi connectivity index (χ0) is 58.5. The predicted octanol–water partition coefficient (Wildman–Crippen LogP) is -11.6. The van der Waals surface area contributed by atoms with Crippen LogP contribution in [0, 0.1) is 10.2 Å². The van der Waals surface area contributed by atoms with Crippen molar-refractivity contribution < 1.29 is 165 Å². The van der Waals surface area contributed by atoms with Crippen molar-refractivity contribution in [3.63, 3.8) is 0 Å². The van der Waals surface area contributed by atoms with Gasteiger partial charge in [0, 0.05) is 35.7 Å². The fraction of sp³-hybridized carbons (Fsp3) is 0.432. The van der Waals surface area contributed by atoms with Crippen LogP contribution >= 0.6 is 0 Å². The topological polar surface area (TPSA) is 664 Å². The SMILES string of the molecule is COc1ccc(-c2cc(-c3ccc(C(=O)O)cc3)[n+](CC3OC(OC4C([NH3+])CC(N)C(OC5OC(CO)C(O)C(N)C5O)C4O)C(O)C(O)C3O)c(-c3ccc(C(=O)O)cc3)c2)cc1S(=O)(=O)O.O.O.O.O=S(=O)([O-])O.[O-][Cl+3]([O-])([O-])[O-]. The number of rotatable bonds is 14. The van der Waals surface area contributed by atoms with Crippen LogP contribution in [-0.4, -0.2) is 210 Å². The molecule has 0 amide bonds. The van der Waals surface area contributed by atoms with E-state index in [9.17, 15) is 68.5 Å². The van der Waals surface area contributed by atoms with Gasteiger partial charge in [-0.2, -0.15) is 13.0 Å². The van der Waals surface area contributed by atoms with Gasteiger partial charge in [0.2, 0.25) is 21.8 Å². The second kappa shape index (κ2) is 29.3. The summed E-state index contributed by atoms with van der Waals surface area (Å²) in [6.07, 6.45) is -19.2. The highest BCUT2D eigenvalue weighted by molar-refractivity contribution is 7.86. The molecular weight excluding hydrogens is 1160 g/mol. The summed E-state index contributed by atoms with van der Waals surface area (Å²) >= 11 is 0. The van der Waals surface area contributed by atoms with Crippen molar-refractivity contribution in [3.8, 4) is 39.4 Å². The number of ether oxygens (including phenoxy) is 5. The number of nitrogens with zero attached hydrogens (tertiary/aromatic N) is 1. The monoisotopic (exact) mass is 1220 g/mol. The number of aliphatic hydroxyl groups is 7. The van der Waals surface area contributed by atoms with Crippen molar-refractivity contribution in [1.82, 2.24) is 0 Å². The lowest BCUT2D eigenvalue weighted by Crippen LogP contribution is -2.77. The molecule has 1 aromatic heterocycles. The first-order valence-corrected chi connectivity index (χ1v) is 26.5. The van der Waals surface area contributed by atoms with Gasteiger partial charge < -0.3 is 108 Å². The van der Waals surface area contributed by atoms with Crippen LogP contribution in [-0.2, 0) is 46.0 Å². The summed E-state index contributed by atoms with van der Waals surface area (Å²) in [4.78, 5) is 23.2. The molecule has 7 rings (SSSR count). The highest BCUT2D eigenvalue weighted by Crippen LogP contribution is 2.36. The number of quaternary nitrogens is 1. The predicted molar refractivity (Wildman–Crippen MR) is 254 cm³/mol. The van der Waals surface area contributed by atoms with E-state index in [0.717, 1.165) is 0 Å². The van der Waals surface area contributed by atoms with Gasteiger partial charge in [0.25, 0.3) is 10.1 Å². The molecule has 37 heteroatoms. The molecule has 3 heterocycles. The molecule has 15 atom stereocenters. The Morgan fingerprint density at radius 3 is 1.53 bits per heavy atom. The van der Waals surface area contributed by atoms with E-state index in [0.29, 0.717) is 16.7 Å². The van der Waals surface area contributed by atoms with Gasteiger partial charge in [-0.1, -0.05) is 6.07 Å². The van der Waals surface area contributed by atoms with Crippen LogP contribution in [0.5, 0.6) is 5.75 Å². The van der Waals surface area contributed by atoms with Gasteiger partial charge in [-0.05, 0) is 71.8 Å². The Kier molecular flexibility index (Phi) is 26.0. The molecule has 1 aliphatic carbocycles. The van der Waals surface area contributed by atoms with Crippen LogP contribution in [0.15, 0.2) is 83.8 Å². The molecule has 0 bridgehead atoms. The lowest BCUT2D eigenvalue weighted by Gasteiger charge is -2.47. The maximum absolute atomic E-state index is 12.5. The number of carboxylic acids is 2. The number of carbonyl (C=O) groups is 2. The molecule has 4 aromatic rings. The molecular formula is C44H61ClN4O30S2. The molecule has 2 saturated heterocycles. The summed E-state index contributed by atoms with van der Waals surface area (Å²) in [6, 6.07) is 15.4. The second-order valence-electron chi connectivity index (χ2n) is 17.7. The number of aromatic nitrogens is 1. The summed E-state index contributed by atoms with van der Waals surface area (Å²) in [5.41, 5.74) is 18.1. The highest BCUT2D eigenvalue weighted by atomic mass is 35.7. The third-order valence-electron chi connectivity index (χ3n) is 12.5. The van der Waals surface area contributed by atoms with Gasteiger partial charge in [-0.25, -0.2) is 36.6 Å². The molecule has 24 N–H and O–H groups in total. The third kappa shape index (κ3) is 18.6. The lowest BCUT2D eigenvalue weighted by molar-refractivity contribution is -2.00. The number of methoxy groups -OCH3 is 1. The van der Waals surface area contributed by atoms with Crippen LogP contribution < -0.4 is 45.1 Å². The van der Waals surface area contributed by atoms with Crippen LogP contribution in [0.1, 0.15) is 27.1 Å². The van der Waals surface area contributed by atoms with Crippen LogP contribution in [0.25, 0.3) is 33.6 Å². The number of aliphatic hydroxyl groups excluding tert-OH is 7. The van der Waals surface area contributed by atoms with E-state index < -0.39 is 146 Å². The van der Waals surface area contributed by atoms with Crippen molar-refractivity contribution in [1.29, 1.82) is 0 Å². The summed E-state index contributed by atoms with van der Waals surface area (Å²) < 4.78 is 132. The van der Waals surface area contributed by atoms with Crippen LogP contribution in [0.4, 0.5) is 0 Å². The summed E-state index contributed by atoms with van der Waals surface area (Å²) in [5.74, 6) is -2.61. The molecule has 456 valence electrons. The second-order valence-corrected chi connectivity index (χ2v) is 20.7.